The van der Waals surface area contributed by atoms with Gasteiger partial charge in [-0.15, -0.1) is 0 Å². The minimum Gasteiger partial charge on any atom is -0.391 e. The van der Waals surface area contributed by atoms with E-state index in [0.717, 1.165) is 0 Å². The highest BCUT2D eigenvalue weighted by Gasteiger charge is 2.07. The molecule has 0 radical (unpaired) electrons. The zero-order chi connectivity index (χ0) is 22.5. The van der Waals surface area contributed by atoms with Crippen LogP contribution in [0.5, 0.6) is 0 Å². The first-order valence-corrected chi connectivity index (χ1v) is 10.7. The predicted octanol–water partition coefficient (Wildman–Crippen LogP) is -0.650. The number of hydrogen-bond donors (Lipinski definition) is 4. The lowest BCUT2D eigenvalue weighted by atomic mass is 10.3. The molecule has 10 heteroatoms. The summed E-state index contributed by atoms with van der Waals surface area (Å²) in [5.74, 6) is 0. The molecule has 4 N–H and O–H groups in total. The summed E-state index contributed by atoms with van der Waals surface area (Å²) in [4.78, 5) is 0. The van der Waals surface area contributed by atoms with Gasteiger partial charge in [-0.1, -0.05) is 13.8 Å². The lowest BCUT2D eigenvalue weighted by Gasteiger charge is -2.14. The molecule has 0 amide bonds. The maximum atomic E-state index is 9.73. The minimum absolute atomic E-state index is 0.122. The fourth-order valence-corrected chi connectivity index (χ4v) is 2.00. The van der Waals surface area contributed by atoms with Crippen LogP contribution in [0.2, 0.25) is 0 Å². The van der Waals surface area contributed by atoms with Crippen molar-refractivity contribution in [1.82, 2.24) is 0 Å². The average Bonchev–Trinajstić information content (AvgIpc) is 2.74. The van der Waals surface area contributed by atoms with E-state index in [9.17, 15) is 20.4 Å². The molecule has 0 heterocycles. The summed E-state index contributed by atoms with van der Waals surface area (Å²) < 4.78 is 31.5. The molecule has 0 aliphatic rings. The molecule has 0 aromatic rings. The highest BCUT2D eigenvalue weighted by Crippen LogP contribution is 1.94. The van der Waals surface area contributed by atoms with Crippen LogP contribution in [-0.4, -0.2) is 124 Å². The monoisotopic (exact) mass is 442 g/mol. The Balaban J connectivity index is 3.33. The fourth-order valence-electron chi connectivity index (χ4n) is 2.00. The molecule has 0 aromatic heterocycles. The van der Waals surface area contributed by atoms with Crippen molar-refractivity contribution in [3.05, 3.63) is 0 Å². The van der Waals surface area contributed by atoms with Crippen molar-refractivity contribution in [2.24, 2.45) is 0 Å². The minimum atomic E-state index is -0.745. The van der Waals surface area contributed by atoms with Gasteiger partial charge in [-0.25, -0.2) is 0 Å². The van der Waals surface area contributed by atoms with E-state index < -0.39 is 24.4 Å². The van der Waals surface area contributed by atoms with Gasteiger partial charge >= 0.3 is 0 Å². The van der Waals surface area contributed by atoms with E-state index in [0.29, 0.717) is 39.3 Å². The Kier molecular flexibility index (Phi) is 21.5. The third-order valence-corrected chi connectivity index (χ3v) is 3.92. The molecule has 10 nitrogen and oxygen atoms in total. The van der Waals surface area contributed by atoms with Crippen LogP contribution >= 0.6 is 0 Å². The normalized spacial score (nSPS) is 15.8. The summed E-state index contributed by atoms with van der Waals surface area (Å²) in [7, 11) is 0. The van der Waals surface area contributed by atoms with Gasteiger partial charge in [-0.3, -0.25) is 0 Å². The summed E-state index contributed by atoms with van der Waals surface area (Å²) in [6.07, 6.45) is -1.10. The molecule has 0 saturated heterocycles. The van der Waals surface area contributed by atoms with Crippen molar-refractivity contribution in [1.29, 1.82) is 0 Å². The molecule has 0 rings (SSSR count). The fraction of sp³-hybridized carbons (Fsp3) is 1.00. The molecule has 0 aliphatic heterocycles. The molecule has 0 bridgehead atoms. The van der Waals surface area contributed by atoms with Crippen LogP contribution in [0.4, 0.5) is 0 Å². The topological polar surface area (TPSA) is 136 Å². The Hall–Kier alpha value is -0.400. The molecular weight excluding hydrogens is 400 g/mol. The van der Waals surface area contributed by atoms with Crippen molar-refractivity contribution >= 4 is 0 Å². The Morgan fingerprint density at radius 1 is 0.400 bits per heavy atom. The first-order chi connectivity index (χ1) is 14.5. The van der Waals surface area contributed by atoms with E-state index in [1.165, 1.54) is 0 Å². The Morgan fingerprint density at radius 2 is 0.600 bits per heavy atom. The number of rotatable bonds is 23. The van der Waals surface area contributed by atoms with Crippen LogP contribution in [-0.2, 0) is 28.4 Å². The average molecular weight is 443 g/mol. The SMILES string of the molecule is CCC(O)COCCOCC(O)COCCOCC(O)COCCOCC(O)CC. The summed E-state index contributed by atoms with van der Waals surface area (Å²) in [5, 5.41) is 38.1. The van der Waals surface area contributed by atoms with Gasteiger partial charge in [0.15, 0.2) is 0 Å². The smallest absolute Gasteiger partial charge is 0.101 e. The van der Waals surface area contributed by atoms with Gasteiger partial charge in [0.25, 0.3) is 0 Å². The van der Waals surface area contributed by atoms with Gasteiger partial charge in [0.1, 0.15) is 12.2 Å². The molecular formula is C20H42O10. The highest BCUT2D eigenvalue weighted by atomic mass is 16.6. The standard InChI is InChI=1S/C20H42O10/c1-3-17(21)11-25-5-7-27-13-19(23)15-29-9-10-30-16-20(24)14-28-8-6-26-12-18(22)4-2/h17-24H,3-16H2,1-2H3. The number of ether oxygens (including phenoxy) is 6. The number of aliphatic hydroxyl groups excluding tert-OH is 4. The van der Waals surface area contributed by atoms with Crippen LogP contribution in [0.25, 0.3) is 0 Å². The Morgan fingerprint density at radius 3 is 0.800 bits per heavy atom. The molecule has 0 spiro atoms. The molecule has 4 unspecified atom stereocenters. The van der Waals surface area contributed by atoms with Gasteiger partial charge < -0.3 is 48.8 Å². The van der Waals surface area contributed by atoms with E-state index in [4.69, 9.17) is 28.4 Å². The van der Waals surface area contributed by atoms with Crippen LogP contribution in [0.3, 0.4) is 0 Å². The maximum absolute atomic E-state index is 9.73. The van der Waals surface area contributed by atoms with Crippen molar-refractivity contribution in [2.45, 2.75) is 51.1 Å². The Labute approximate surface area is 180 Å². The second-order valence-corrected chi connectivity index (χ2v) is 6.88. The van der Waals surface area contributed by atoms with Gasteiger partial charge in [0.2, 0.25) is 0 Å². The van der Waals surface area contributed by atoms with E-state index in [-0.39, 0.29) is 52.9 Å². The van der Waals surface area contributed by atoms with Crippen LogP contribution in [0.1, 0.15) is 26.7 Å². The molecule has 0 saturated carbocycles. The number of hydrogen-bond acceptors (Lipinski definition) is 10. The van der Waals surface area contributed by atoms with Crippen molar-refractivity contribution in [3.63, 3.8) is 0 Å². The molecule has 0 aliphatic carbocycles. The molecule has 0 aromatic carbocycles. The first-order valence-electron chi connectivity index (χ1n) is 10.7. The van der Waals surface area contributed by atoms with Crippen molar-refractivity contribution in [3.8, 4) is 0 Å². The molecule has 182 valence electrons. The van der Waals surface area contributed by atoms with Crippen molar-refractivity contribution in [2.75, 3.05) is 79.3 Å². The van der Waals surface area contributed by atoms with Gasteiger partial charge in [0.05, 0.1) is 91.5 Å². The maximum Gasteiger partial charge on any atom is 0.101 e. The predicted molar refractivity (Wildman–Crippen MR) is 110 cm³/mol. The van der Waals surface area contributed by atoms with E-state index >= 15 is 0 Å². The van der Waals surface area contributed by atoms with Gasteiger partial charge in [-0.2, -0.15) is 0 Å². The summed E-state index contributed by atoms with van der Waals surface area (Å²) in [6.45, 7) is 6.81. The quantitative estimate of drug-likeness (QED) is 0.151. The van der Waals surface area contributed by atoms with Crippen LogP contribution in [0, 0.1) is 0 Å². The summed E-state index contributed by atoms with van der Waals surface area (Å²) in [5.41, 5.74) is 0. The third-order valence-electron chi connectivity index (χ3n) is 3.92. The van der Waals surface area contributed by atoms with Gasteiger partial charge in [0, 0.05) is 0 Å². The molecule has 0 fully saturated rings. The second kappa shape index (κ2) is 21.8. The zero-order valence-electron chi connectivity index (χ0n) is 18.4. The highest BCUT2D eigenvalue weighted by molar-refractivity contribution is 4.54. The summed E-state index contributed by atoms with van der Waals surface area (Å²) in [6, 6.07) is 0. The molecule has 30 heavy (non-hydrogen) atoms. The first kappa shape index (κ1) is 29.6. The number of aliphatic hydroxyl groups is 4. The Bertz CT molecular complexity index is 316. The third kappa shape index (κ3) is 20.9. The van der Waals surface area contributed by atoms with E-state index in [1.54, 1.807) is 0 Å². The second-order valence-electron chi connectivity index (χ2n) is 6.88. The van der Waals surface area contributed by atoms with E-state index in [2.05, 4.69) is 0 Å². The van der Waals surface area contributed by atoms with Crippen molar-refractivity contribution < 1.29 is 48.8 Å². The zero-order valence-corrected chi connectivity index (χ0v) is 18.4. The van der Waals surface area contributed by atoms with Crippen LogP contribution in [0.15, 0.2) is 0 Å². The lowest BCUT2D eigenvalue weighted by Crippen LogP contribution is -2.26. The van der Waals surface area contributed by atoms with Gasteiger partial charge in [-0.05, 0) is 12.8 Å². The lowest BCUT2D eigenvalue weighted by molar-refractivity contribution is -0.0607. The van der Waals surface area contributed by atoms with Crippen LogP contribution < -0.4 is 0 Å². The van der Waals surface area contributed by atoms with E-state index in [1.807, 2.05) is 13.8 Å². The molecule has 4 atom stereocenters. The summed E-state index contributed by atoms with van der Waals surface area (Å²) >= 11 is 0. The largest absolute Gasteiger partial charge is 0.391 e.